The second-order valence-electron chi connectivity index (χ2n) is 3.88. The topological polar surface area (TPSA) is 0 Å². The maximum atomic E-state index is 13.7. The van der Waals surface area contributed by atoms with Gasteiger partial charge in [-0.2, -0.15) is 0 Å². The standard InChI is InChI=1S/C14H13FS/c1-9-7-8-11(10(2)14(9)16)12-5-3-4-6-13(12)15/h3-8,16H,1-2H3. The largest absolute Gasteiger partial charge is 0.206 e. The van der Waals surface area contributed by atoms with Crippen molar-refractivity contribution in [1.29, 1.82) is 0 Å². The summed E-state index contributed by atoms with van der Waals surface area (Å²) in [5, 5.41) is 0. The number of rotatable bonds is 1. The van der Waals surface area contributed by atoms with Gasteiger partial charge in [0.15, 0.2) is 0 Å². The zero-order valence-electron chi connectivity index (χ0n) is 9.29. The second kappa shape index (κ2) is 4.30. The van der Waals surface area contributed by atoms with Crippen molar-refractivity contribution in [2.45, 2.75) is 18.7 Å². The Morgan fingerprint density at radius 1 is 0.938 bits per heavy atom. The molecule has 0 radical (unpaired) electrons. The lowest BCUT2D eigenvalue weighted by atomic mass is 9.98. The molecule has 0 amide bonds. The molecule has 0 aromatic heterocycles. The van der Waals surface area contributed by atoms with Gasteiger partial charge in [0.1, 0.15) is 5.82 Å². The summed E-state index contributed by atoms with van der Waals surface area (Å²) < 4.78 is 13.7. The average Bonchev–Trinajstić information content (AvgIpc) is 2.28. The predicted molar refractivity (Wildman–Crippen MR) is 68.6 cm³/mol. The van der Waals surface area contributed by atoms with Crippen LogP contribution in [-0.2, 0) is 0 Å². The number of hydrogen-bond acceptors (Lipinski definition) is 1. The molecule has 0 nitrogen and oxygen atoms in total. The molecule has 0 N–H and O–H groups in total. The lowest BCUT2D eigenvalue weighted by Crippen LogP contribution is -1.90. The summed E-state index contributed by atoms with van der Waals surface area (Å²) in [5.41, 5.74) is 3.68. The quantitative estimate of drug-likeness (QED) is 0.692. The summed E-state index contributed by atoms with van der Waals surface area (Å²) in [6.45, 7) is 3.97. The average molecular weight is 232 g/mol. The van der Waals surface area contributed by atoms with E-state index in [4.69, 9.17) is 0 Å². The summed E-state index contributed by atoms with van der Waals surface area (Å²) in [6, 6.07) is 10.7. The molecular weight excluding hydrogens is 219 g/mol. The molecular formula is C14H13FS. The first-order valence-electron chi connectivity index (χ1n) is 5.15. The Kier molecular flexibility index (Phi) is 3.01. The fraction of sp³-hybridized carbons (Fsp3) is 0.143. The lowest BCUT2D eigenvalue weighted by Gasteiger charge is -2.11. The van der Waals surface area contributed by atoms with Gasteiger partial charge in [0, 0.05) is 10.5 Å². The van der Waals surface area contributed by atoms with E-state index in [0.29, 0.717) is 5.56 Å². The Labute approximate surface area is 101 Å². The van der Waals surface area contributed by atoms with Crippen molar-refractivity contribution < 1.29 is 4.39 Å². The lowest BCUT2D eigenvalue weighted by molar-refractivity contribution is 0.631. The number of hydrogen-bond donors (Lipinski definition) is 1. The molecule has 0 atom stereocenters. The predicted octanol–water partition coefficient (Wildman–Crippen LogP) is 4.40. The summed E-state index contributed by atoms with van der Waals surface area (Å²) in [4.78, 5) is 0.931. The van der Waals surface area contributed by atoms with Gasteiger partial charge in [-0.3, -0.25) is 0 Å². The molecule has 0 unspecified atom stereocenters. The van der Waals surface area contributed by atoms with Gasteiger partial charge in [-0.15, -0.1) is 12.6 Å². The van der Waals surface area contributed by atoms with Crippen LogP contribution in [0.1, 0.15) is 11.1 Å². The van der Waals surface area contributed by atoms with Crippen molar-refractivity contribution in [2.75, 3.05) is 0 Å². The van der Waals surface area contributed by atoms with Crippen LogP contribution < -0.4 is 0 Å². The van der Waals surface area contributed by atoms with Gasteiger partial charge in [-0.25, -0.2) is 4.39 Å². The maximum Gasteiger partial charge on any atom is 0.131 e. The van der Waals surface area contributed by atoms with Crippen molar-refractivity contribution in [2.24, 2.45) is 0 Å². The Bertz CT molecular complexity index is 532. The third kappa shape index (κ3) is 1.85. The van der Waals surface area contributed by atoms with Crippen LogP contribution in [0.4, 0.5) is 4.39 Å². The van der Waals surface area contributed by atoms with E-state index in [1.807, 2.05) is 32.0 Å². The van der Waals surface area contributed by atoms with E-state index in [-0.39, 0.29) is 5.82 Å². The molecule has 2 aromatic rings. The molecule has 16 heavy (non-hydrogen) atoms. The van der Waals surface area contributed by atoms with Crippen LogP contribution in [0.25, 0.3) is 11.1 Å². The minimum Gasteiger partial charge on any atom is -0.206 e. The highest BCUT2D eigenvalue weighted by molar-refractivity contribution is 7.80. The molecule has 2 aromatic carbocycles. The van der Waals surface area contributed by atoms with E-state index in [1.165, 1.54) is 6.07 Å². The van der Waals surface area contributed by atoms with E-state index in [2.05, 4.69) is 12.6 Å². The summed E-state index contributed by atoms with van der Waals surface area (Å²) in [7, 11) is 0. The zero-order valence-corrected chi connectivity index (χ0v) is 10.2. The number of halogens is 1. The highest BCUT2D eigenvalue weighted by Crippen LogP contribution is 2.31. The Morgan fingerprint density at radius 2 is 1.62 bits per heavy atom. The van der Waals surface area contributed by atoms with Gasteiger partial charge in [0.05, 0.1) is 0 Å². The van der Waals surface area contributed by atoms with Gasteiger partial charge in [0.25, 0.3) is 0 Å². The first-order chi connectivity index (χ1) is 7.61. The van der Waals surface area contributed by atoms with Crippen LogP contribution in [0.3, 0.4) is 0 Å². The van der Waals surface area contributed by atoms with Crippen LogP contribution in [0.15, 0.2) is 41.3 Å². The van der Waals surface area contributed by atoms with Gasteiger partial charge in [-0.05, 0) is 36.6 Å². The minimum absolute atomic E-state index is 0.192. The Balaban J connectivity index is 2.66. The zero-order chi connectivity index (χ0) is 11.7. The summed E-state index contributed by atoms with van der Waals surface area (Å²) >= 11 is 4.44. The van der Waals surface area contributed by atoms with Crippen LogP contribution in [0, 0.1) is 19.7 Å². The molecule has 0 saturated carbocycles. The molecule has 0 bridgehead atoms. The fourth-order valence-corrected chi connectivity index (χ4v) is 2.00. The Hall–Kier alpha value is -1.28. The van der Waals surface area contributed by atoms with E-state index >= 15 is 0 Å². The van der Waals surface area contributed by atoms with E-state index in [1.54, 1.807) is 12.1 Å². The first-order valence-corrected chi connectivity index (χ1v) is 5.60. The van der Waals surface area contributed by atoms with Crippen LogP contribution in [0.2, 0.25) is 0 Å². The van der Waals surface area contributed by atoms with E-state index in [0.717, 1.165) is 21.6 Å². The molecule has 2 rings (SSSR count). The molecule has 0 saturated heterocycles. The molecule has 0 aliphatic rings. The number of thiol groups is 1. The smallest absolute Gasteiger partial charge is 0.131 e. The monoisotopic (exact) mass is 232 g/mol. The summed E-state index contributed by atoms with van der Waals surface area (Å²) in [6.07, 6.45) is 0. The molecule has 82 valence electrons. The van der Waals surface area contributed by atoms with Crippen molar-refractivity contribution in [3.8, 4) is 11.1 Å². The number of aryl methyl sites for hydroxylation is 1. The van der Waals surface area contributed by atoms with Crippen LogP contribution in [-0.4, -0.2) is 0 Å². The number of benzene rings is 2. The second-order valence-corrected chi connectivity index (χ2v) is 4.33. The van der Waals surface area contributed by atoms with Gasteiger partial charge in [0.2, 0.25) is 0 Å². The van der Waals surface area contributed by atoms with Crippen LogP contribution in [0.5, 0.6) is 0 Å². The van der Waals surface area contributed by atoms with Crippen molar-refractivity contribution in [1.82, 2.24) is 0 Å². The fourth-order valence-electron chi connectivity index (χ4n) is 1.81. The molecule has 0 spiro atoms. The highest BCUT2D eigenvalue weighted by atomic mass is 32.1. The van der Waals surface area contributed by atoms with Gasteiger partial charge >= 0.3 is 0 Å². The molecule has 2 heteroatoms. The normalized spacial score (nSPS) is 10.5. The first kappa shape index (κ1) is 11.2. The van der Waals surface area contributed by atoms with Crippen molar-refractivity contribution in [3.63, 3.8) is 0 Å². The Morgan fingerprint density at radius 3 is 2.31 bits per heavy atom. The third-order valence-corrected chi connectivity index (χ3v) is 3.48. The highest BCUT2D eigenvalue weighted by Gasteiger charge is 2.09. The van der Waals surface area contributed by atoms with Gasteiger partial charge < -0.3 is 0 Å². The van der Waals surface area contributed by atoms with Crippen LogP contribution >= 0.6 is 12.6 Å². The van der Waals surface area contributed by atoms with Crippen molar-refractivity contribution >= 4 is 12.6 Å². The van der Waals surface area contributed by atoms with E-state index < -0.39 is 0 Å². The minimum atomic E-state index is -0.192. The summed E-state index contributed by atoms with van der Waals surface area (Å²) in [5.74, 6) is -0.192. The molecule has 0 fully saturated rings. The SMILES string of the molecule is Cc1ccc(-c2ccccc2F)c(C)c1S. The molecule has 0 aliphatic carbocycles. The van der Waals surface area contributed by atoms with Crippen molar-refractivity contribution in [3.05, 3.63) is 53.3 Å². The van der Waals surface area contributed by atoms with E-state index in [9.17, 15) is 4.39 Å². The molecule has 0 aliphatic heterocycles. The van der Waals surface area contributed by atoms with Gasteiger partial charge in [-0.1, -0.05) is 30.3 Å². The third-order valence-electron chi connectivity index (χ3n) is 2.80. The maximum absolute atomic E-state index is 13.7. The molecule has 0 heterocycles.